The van der Waals surface area contributed by atoms with Gasteiger partial charge in [-0.05, 0) is 49.4 Å². The van der Waals surface area contributed by atoms with Crippen molar-refractivity contribution in [2.24, 2.45) is 0 Å². The van der Waals surface area contributed by atoms with Gasteiger partial charge in [-0.2, -0.15) is 0 Å². The van der Waals surface area contributed by atoms with Crippen LogP contribution in [0.1, 0.15) is 27.6 Å². The van der Waals surface area contributed by atoms with Gasteiger partial charge in [-0.15, -0.1) is 0 Å². The van der Waals surface area contributed by atoms with Crippen molar-refractivity contribution in [3.8, 4) is 0 Å². The maximum atomic E-state index is 12.4. The Hall–Kier alpha value is -2.33. The van der Waals surface area contributed by atoms with Crippen molar-refractivity contribution in [3.63, 3.8) is 0 Å². The lowest BCUT2D eigenvalue weighted by Gasteiger charge is -2.19. The highest BCUT2D eigenvalue weighted by Gasteiger charge is 2.16. The summed E-state index contributed by atoms with van der Waals surface area (Å²) in [6, 6.07) is 11.5. The Morgan fingerprint density at radius 3 is 2.14 bits per heavy atom. The highest BCUT2D eigenvalue weighted by molar-refractivity contribution is 6.30. The Labute approximate surface area is 128 Å². The number of carbonyl (C=O) groups excluding carboxylic acids is 2. The number of halogens is 1. The van der Waals surface area contributed by atoms with E-state index in [0.29, 0.717) is 27.5 Å². The number of hydrogen-bond acceptors (Lipinski definition) is 3. The lowest BCUT2D eigenvalue weighted by Crippen LogP contribution is -2.27. The van der Waals surface area contributed by atoms with Crippen LogP contribution in [0.2, 0.25) is 5.02 Å². The van der Waals surface area contributed by atoms with Gasteiger partial charge in [-0.25, -0.2) is 0 Å². The maximum absolute atomic E-state index is 12.4. The minimum Gasteiger partial charge on any atom is -0.397 e. The average molecular weight is 303 g/mol. The van der Waals surface area contributed by atoms with Crippen molar-refractivity contribution in [3.05, 3.63) is 58.6 Å². The summed E-state index contributed by atoms with van der Waals surface area (Å²) in [4.78, 5) is 25.2. The fourth-order valence-corrected chi connectivity index (χ4v) is 2.10. The predicted octanol–water partition coefficient (Wildman–Crippen LogP) is 3.40. The van der Waals surface area contributed by atoms with Gasteiger partial charge in [0.05, 0.1) is 11.4 Å². The van der Waals surface area contributed by atoms with Crippen LogP contribution in [-0.4, -0.2) is 18.7 Å². The number of Topliss-reactive ketones (excluding diaryl/α,β-unsaturated/α-hetero) is 1. The molecule has 0 fully saturated rings. The van der Waals surface area contributed by atoms with Gasteiger partial charge in [0, 0.05) is 23.2 Å². The second kappa shape index (κ2) is 5.97. The van der Waals surface area contributed by atoms with Crippen LogP contribution in [0, 0.1) is 0 Å². The Bertz CT molecular complexity index is 696. The van der Waals surface area contributed by atoms with E-state index in [1.54, 1.807) is 49.5 Å². The van der Waals surface area contributed by atoms with Gasteiger partial charge in [0.15, 0.2) is 5.78 Å². The average Bonchev–Trinajstić information content (AvgIpc) is 2.46. The Kier molecular flexibility index (Phi) is 4.29. The fraction of sp³-hybridized carbons (Fsp3) is 0.125. The lowest BCUT2D eigenvalue weighted by molar-refractivity contribution is 0.0991. The van der Waals surface area contributed by atoms with E-state index in [4.69, 9.17) is 17.3 Å². The van der Waals surface area contributed by atoms with Gasteiger partial charge >= 0.3 is 0 Å². The summed E-state index contributed by atoms with van der Waals surface area (Å²) in [7, 11) is 1.63. The molecule has 0 saturated heterocycles. The number of anilines is 2. The second-order valence-electron chi connectivity index (χ2n) is 4.70. The van der Waals surface area contributed by atoms with Crippen molar-refractivity contribution < 1.29 is 9.59 Å². The summed E-state index contributed by atoms with van der Waals surface area (Å²) in [6.07, 6.45) is 0. The highest BCUT2D eigenvalue weighted by Crippen LogP contribution is 2.25. The first-order valence-corrected chi connectivity index (χ1v) is 6.72. The summed E-state index contributed by atoms with van der Waals surface area (Å²) >= 11 is 5.81. The third kappa shape index (κ3) is 3.23. The summed E-state index contributed by atoms with van der Waals surface area (Å²) in [6.45, 7) is 1.47. The van der Waals surface area contributed by atoms with Gasteiger partial charge in [0.2, 0.25) is 0 Å². The van der Waals surface area contributed by atoms with Gasteiger partial charge in [-0.3, -0.25) is 9.59 Å². The fourth-order valence-electron chi connectivity index (χ4n) is 1.97. The molecule has 4 nitrogen and oxygen atoms in total. The van der Waals surface area contributed by atoms with Gasteiger partial charge in [-0.1, -0.05) is 11.6 Å². The van der Waals surface area contributed by atoms with Crippen LogP contribution in [0.5, 0.6) is 0 Å². The van der Waals surface area contributed by atoms with Crippen molar-refractivity contribution >= 4 is 34.7 Å². The Morgan fingerprint density at radius 2 is 1.62 bits per heavy atom. The topological polar surface area (TPSA) is 63.4 Å². The highest BCUT2D eigenvalue weighted by atomic mass is 35.5. The summed E-state index contributed by atoms with van der Waals surface area (Å²) in [5.41, 5.74) is 7.90. The third-order valence-electron chi connectivity index (χ3n) is 3.19. The number of nitrogens with zero attached hydrogens (tertiary/aromatic N) is 1. The number of amides is 1. The molecule has 2 rings (SSSR count). The van der Waals surface area contributed by atoms with Crippen LogP contribution in [0.3, 0.4) is 0 Å². The van der Waals surface area contributed by atoms with E-state index in [1.807, 2.05) is 0 Å². The molecule has 0 aliphatic heterocycles. The van der Waals surface area contributed by atoms with Crippen molar-refractivity contribution in [1.29, 1.82) is 0 Å². The van der Waals surface area contributed by atoms with E-state index in [0.717, 1.165) is 0 Å². The number of rotatable bonds is 3. The first kappa shape index (κ1) is 15.1. The minimum absolute atomic E-state index is 0.0695. The molecule has 108 valence electrons. The largest absolute Gasteiger partial charge is 0.397 e. The van der Waals surface area contributed by atoms with Gasteiger partial charge in [0.25, 0.3) is 5.91 Å². The Morgan fingerprint density at radius 1 is 1.05 bits per heavy atom. The number of nitrogen functional groups attached to an aromatic ring is 1. The second-order valence-corrected chi connectivity index (χ2v) is 5.14. The van der Waals surface area contributed by atoms with E-state index in [2.05, 4.69) is 0 Å². The maximum Gasteiger partial charge on any atom is 0.258 e. The molecule has 21 heavy (non-hydrogen) atoms. The summed E-state index contributed by atoms with van der Waals surface area (Å²) in [5, 5.41) is 0.569. The molecule has 0 aromatic heterocycles. The number of ketones is 1. The van der Waals surface area contributed by atoms with Crippen LogP contribution >= 0.6 is 11.6 Å². The normalized spacial score (nSPS) is 10.2. The molecule has 0 atom stereocenters. The molecule has 0 unspecified atom stereocenters. The van der Waals surface area contributed by atoms with E-state index in [9.17, 15) is 9.59 Å². The molecule has 0 aliphatic rings. The van der Waals surface area contributed by atoms with Crippen LogP contribution in [0.25, 0.3) is 0 Å². The van der Waals surface area contributed by atoms with Crippen LogP contribution < -0.4 is 10.6 Å². The van der Waals surface area contributed by atoms with E-state index >= 15 is 0 Å². The molecule has 2 aromatic carbocycles. The lowest BCUT2D eigenvalue weighted by atomic mass is 10.1. The first-order valence-electron chi connectivity index (χ1n) is 6.34. The zero-order valence-electron chi connectivity index (χ0n) is 11.8. The monoisotopic (exact) mass is 302 g/mol. The smallest absolute Gasteiger partial charge is 0.258 e. The number of carbonyl (C=O) groups is 2. The SMILES string of the molecule is CC(=O)c1ccc(N(C)C(=O)c2ccc(Cl)cc2)c(N)c1. The quantitative estimate of drug-likeness (QED) is 0.698. The van der Waals surface area contributed by atoms with Gasteiger partial charge < -0.3 is 10.6 Å². The van der Waals surface area contributed by atoms with Crippen LogP contribution in [0.4, 0.5) is 11.4 Å². The first-order chi connectivity index (χ1) is 9.90. The van der Waals surface area contributed by atoms with E-state index in [-0.39, 0.29) is 11.7 Å². The number of hydrogen-bond donors (Lipinski definition) is 1. The van der Waals surface area contributed by atoms with Crippen LogP contribution in [0.15, 0.2) is 42.5 Å². The van der Waals surface area contributed by atoms with E-state index in [1.165, 1.54) is 11.8 Å². The molecule has 2 aromatic rings. The molecule has 2 N–H and O–H groups in total. The van der Waals surface area contributed by atoms with E-state index < -0.39 is 0 Å². The Balaban J connectivity index is 2.31. The minimum atomic E-state index is -0.200. The molecule has 5 heteroatoms. The third-order valence-corrected chi connectivity index (χ3v) is 3.44. The molecule has 0 radical (unpaired) electrons. The molecule has 0 heterocycles. The van der Waals surface area contributed by atoms with Crippen molar-refractivity contribution in [1.82, 2.24) is 0 Å². The number of nitrogens with two attached hydrogens (primary N) is 1. The summed E-state index contributed by atoms with van der Waals surface area (Å²) in [5.74, 6) is -0.270. The summed E-state index contributed by atoms with van der Waals surface area (Å²) < 4.78 is 0. The molecule has 0 bridgehead atoms. The molecule has 0 saturated carbocycles. The standard InChI is InChI=1S/C16H15ClN2O2/c1-10(20)12-5-8-15(14(18)9-12)19(2)16(21)11-3-6-13(17)7-4-11/h3-9H,18H2,1-2H3. The zero-order valence-corrected chi connectivity index (χ0v) is 12.5. The molecule has 0 spiro atoms. The predicted molar refractivity (Wildman–Crippen MR) is 85.0 cm³/mol. The van der Waals surface area contributed by atoms with Crippen LogP contribution in [-0.2, 0) is 0 Å². The zero-order chi connectivity index (χ0) is 15.6. The molecule has 1 amide bonds. The molecular formula is C16H15ClN2O2. The molecule has 0 aliphatic carbocycles. The van der Waals surface area contributed by atoms with Crippen molar-refractivity contribution in [2.45, 2.75) is 6.92 Å². The van der Waals surface area contributed by atoms with Gasteiger partial charge in [0.1, 0.15) is 0 Å². The van der Waals surface area contributed by atoms with Crippen molar-refractivity contribution in [2.75, 3.05) is 17.7 Å². The number of benzene rings is 2. The molecular weight excluding hydrogens is 288 g/mol.